The lowest BCUT2D eigenvalue weighted by molar-refractivity contribution is 0.158. The van der Waals surface area contributed by atoms with Crippen molar-refractivity contribution in [2.75, 3.05) is 13.2 Å². The van der Waals surface area contributed by atoms with Gasteiger partial charge in [-0.1, -0.05) is 6.92 Å². The Morgan fingerprint density at radius 2 is 2.33 bits per heavy atom. The second kappa shape index (κ2) is 5.14. The van der Waals surface area contributed by atoms with Crippen molar-refractivity contribution in [2.45, 2.75) is 38.8 Å². The number of nitrogens with one attached hydrogen (secondary N) is 1. The Bertz CT molecular complexity index is 422. The smallest absolute Gasteiger partial charge is 0.221 e. The van der Waals surface area contributed by atoms with Crippen molar-refractivity contribution in [3.8, 4) is 11.8 Å². The second-order valence-electron chi connectivity index (χ2n) is 5.20. The zero-order valence-electron chi connectivity index (χ0n) is 10.8. The summed E-state index contributed by atoms with van der Waals surface area (Å²) in [7, 11) is 0. The van der Waals surface area contributed by atoms with Crippen LogP contribution in [0.3, 0.4) is 0 Å². The highest BCUT2D eigenvalue weighted by Crippen LogP contribution is 2.30. The maximum absolute atomic E-state index is 5.98. The van der Waals surface area contributed by atoms with E-state index in [-0.39, 0.29) is 0 Å². The lowest BCUT2D eigenvalue weighted by Crippen LogP contribution is -2.19. The number of hydrogen-bond donors (Lipinski definition) is 1. The van der Waals surface area contributed by atoms with Crippen LogP contribution in [0.4, 0.5) is 0 Å². The largest absolute Gasteiger partial charge is 0.476 e. The number of aromatic nitrogens is 1. The normalized spacial score (nSPS) is 27.2. The summed E-state index contributed by atoms with van der Waals surface area (Å²) in [5.41, 5.74) is 1.11. The molecule has 4 nitrogen and oxygen atoms in total. The number of rotatable bonds is 2. The minimum absolute atomic E-state index is 0.319. The average molecular weight is 248 g/mol. The molecule has 1 saturated carbocycles. The Hall–Kier alpha value is -1.29. The lowest BCUT2D eigenvalue weighted by Gasteiger charge is -2.17. The van der Waals surface area contributed by atoms with Crippen LogP contribution in [0.25, 0.3) is 0 Å². The Labute approximate surface area is 108 Å². The maximum atomic E-state index is 5.98. The predicted molar refractivity (Wildman–Crippen MR) is 68.9 cm³/mol. The molecule has 0 radical (unpaired) electrons. The fraction of sp³-hybridized carbons (Fsp3) is 0.643. The molecule has 98 valence electrons. The van der Waals surface area contributed by atoms with Crippen LogP contribution in [-0.2, 0) is 6.54 Å². The van der Waals surface area contributed by atoms with Gasteiger partial charge in [-0.05, 0) is 31.2 Å². The summed E-state index contributed by atoms with van der Waals surface area (Å²) in [5, 5.41) is 3.30. The molecule has 0 bridgehead atoms. The van der Waals surface area contributed by atoms with E-state index in [4.69, 9.17) is 9.47 Å². The van der Waals surface area contributed by atoms with E-state index in [0.717, 1.165) is 31.0 Å². The van der Waals surface area contributed by atoms with Crippen LogP contribution in [0.2, 0.25) is 0 Å². The minimum Gasteiger partial charge on any atom is -0.476 e. The molecule has 2 aliphatic rings. The van der Waals surface area contributed by atoms with Crippen LogP contribution in [0.15, 0.2) is 12.1 Å². The molecule has 0 spiro atoms. The fourth-order valence-electron chi connectivity index (χ4n) is 2.66. The van der Waals surface area contributed by atoms with Crippen molar-refractivity contribution in [3.63, 3.8) is 0 Å². The zero-order valence-corrected chi connectivity index (χ0v) is 10.8. The van der Waals surface area contributed by atoms with Gasteiger partial charge in [0, 0.05) is 24.7 Å². The van der Waals surface area contributed by atoms with Gasteiger partial charge in [-0.25, -0.2) is 0 Å². The molecule has 1 aliphatic carbocycles. The molecule has 0 aromatic carbocycles. The third kappa shape index (κ3) is 2.43. The van der Waals surface area contributed by atoms with E-state index >= 15 is 0 Å². The van der Waals surface area contributed by atoms with Crippen molar-refractivity contribution in [2.24, 2.45) is 5.92 Å². The standard InChI is InChI=1S/C14H20N2O2/c1-10-3-2-4-12(10)18-13-6-5-11-9-15-7-8-17-14(11)16-13/h5-6,10,12,15H,2-4,7-9H2,1H3/t10-,12-/m0/s1. The van der Waals surface area contributed by atoms with Crippen LogP contribution in [-0.4, -0.2) is 24.2 Å². The molecule has 1 aromatic heterocycles. The van der Waals surface area contributed by atoms with Crippen LogP contribution in [0.5, 0.6) is 11.8 Å². The van der Waals surface area contributed by atoms with Gasteiger partial charge in [0.25, 0.3) is 0 Å². The third-order valence-corrected chi connectivity index (χ3v) is 3.80. The second-order valence-corrected chi connectivity index (χ2v) is 5.20. The van der Waals surface area contributed by atoms with E-state index in [0.29, 0.717) is 24.5 Å². The summed E-state index contributed by atoms with van der Waals surface area (Å²) < 4.78 is 11.6. The summed E-state index contributed by atoms with van der Waals surface area (Å²) in [4.78, 5) is 4.49. The van der Waals surface area contributed by atoms with E-state index in [1.165, 1.54) is 12.8 Å². The van der Waals surface area contributed by atoms with Crippen LogP contribution in [0.1, 0.15) is 31.7 Å². The number of ether oxygens (including phenoxy) is 2. The van der Waals surface area contributed by atoms with E-state index in [9.17, 15) is 0 Å². The van der Waals surface area contributed by atoms with Crippen molar-refractivity contribution < 1.29 is 9.47 Å². The average Bonchev–Trinajstić information content (AvgIpc) is 2.65. The molecular formula is C14H20N2O2. The van der Waals surface area contributed by atoms with Gasteiger partial charge in [0.15, 0.2) is 0 Å². The summed E-state index contributed by atoms with van der Waals surface area (Å²) in [5.74, 6) is 2.06. The molecular weight excluding hydrogens is 228 g/mol. The number of fused-ring (bicyclic) bond motifs is 1. The number of hydrogen-bond acceptors (Lipinski definition) is 4. The first kappa shape index (κ1) is 11.8. The topological polar surface area (TPSA) is 43.4 Å². The molecule has 2 heterocycles. The van der Waals surface area contributed by atoms with Gasteiger partial charge in [0.2, 0.25) is 11.8 Å². The molecule has 1 aliphatic heterocycles. The highest BCUT2D eigenvalue weighted by atomic mass is 16.5. The molecule has 3 rings (SSSR count). The Morgan fingerprint density at radius 1 is 1.39 bits per heavy atom. The molecule has 2 atom stereocenters. The summed E-state index contributed by atoms with van der Waals surface area (Å²) in [6.45, 7) is 4.61. The molecule has 1 N–H and O–H groups in total. The first-order chi connectivity index (χ1) is 8.83. The summed E-state index contributed by atoms with van der Waals surface area (Å²) >= 11 is 0. The van der Waals surface area contributed by atoms with Gasteiger partial charge < -0.3 is 14.8 Å². The van der Waals surface area contributed by atoms with Gasteiger partial charge in [0.05, 0.1) is 0 Å². The Kier molecular flexibility index (Phi) is 3.37. The minimum atomic E-state index is 0.319. The van der Waals surface area contributed by atoms with Crippen molar-refractivity contribution in [3.05, 3.63) is 17.7 Å². The number of pyridine rings is 1. The molecule has 1 fully saturated rings. The molecule has 0 unspecified atom stereocenters. The first-order valence-electron chi connectivity index (χ1n) is 6.83. The van der Waals surface area contributed by atoms with Gasteiger partial charge in [-0.2, -0.15) is 4.98 Å². The monoisotopic (exact) mass is 248 g/mol. The van der Waals surface area contributed by atoms with Crippen molar-refractivity contribution in [1.29, 1.82) is 0 Å². The van der Waals surface area contributed by atoms with Gasteiger partial charge in [-0.3, -0.25) is 0 Å². The SMILES string of the molecule is C[C@H]1CCC[C@@H]1Oc1ccc2c(n1)OCCNC2. The van der Waals surface area contributed by atoms with Gasteiger partial charge in [-0.15, -0.1) is 0 Å². The molecule has 1 aromatic rings. The van der Waals surface area contributed by atoms with Crippen LogP contribution >= 0.6 is 0 Å². The molecule has 4 heteroatoms. The zero-order chi connectivity index (χ0) is 12.4. The molecule has 0 amide bonds. The summed E-state index contributed by atoms with van der Waals surface area (Å²) in [6, 6.07) is 4.01. The first-order valence-corrected chi connectivity index (χ1v) is 6.83. The highest BCUT2D eigenvalue weighted by Gasteiger charge is 2.25. The van der Waals surface area contributed by atoms with Crippen molar-refractivity contribution in [1.82, 2.24) is 10.3 Å². The summed E-state index contributed by atoms with van der Waals surface area (Å²) in [6.07, 6.45) is 3.98. The van der Waals surface area contributed by atoms with Crippen LogP contribution < -0.4 is 14.8 Å². The maximum Gasteiger partial charge on any atom is 0.221 e. The van der Waals surface area contributed by atoms with Crippen LogP contribution in [0, 0.1) is 5.92 Å². The van der Waals surface area contributed by atoms with Gasteiger partial charge >= 0.3 is 0 Å². The lowest BCUT2D eigenvalue weighted by atomic mass is 10.1. The van der Waals surface area contributed by atoms with E-state index in [1.807, 2.05) is 6.07 Å². The molecule has 0 saturated heterocycles. The Morgan fingerprint density at radius 3 is 3.17 bits per heavy atom. The fourth-order valence-corrected chi connectivity index (χ4v) is 2.66. The number of nitrogens with zero attached hydrogens (tertiary/aromatic N) is 1. The van der Waals surface area contributed by atoms with Gasteiger partial charge in [0.1, 0.15) is 12.7 Å². The van der Waals surface area contributed by atoms with E-state index in [2.05, 4.69) is 23.3 Å². The van der Waals surface area contributed by atoms with Crippen molar-refractivity contribution >= 4 is 0 Å². The molecule has 18 heavy (non-hydrogen) atoms. The predicted octanol–water partition coefficient (Wildman–Crippen LogP) is 2.13. The third-order valence-electron chi connectivity index (χ3n) is 3.80. The quantitative estimate of drug-likeness (QED) is 0.870. The van der Waals surface area contributed by atoms with E-state index in [1.54, 1.807) is 0 Å². The van der Waals surface area contributed by atoms with E-state index < -0.39 is 0 Å². The Balaban J connectivity index is 1.75. The highest BCUT2D eigenvalue weighted by molar-refractivity contribution is 5.31.